The first kappa shape index (κ1) is 8.69. The maximum atomic E-state index is 13.0. The van der Waals surface area contributed by atoms with Gasteiger partial charge in [-0.15, -0.1) is 0 Å². The van der Waals surface area contributed by atoms with E-state index in [1.54, 1.807) is 6.07 Å². The summed E-state index contributed by atoms with van der Waals surface area (Å²) in [6, 6.07) is 2.88. The molecule has 0 radical (unpaired) electrons. The average molecular weight is 245 g/mol. The van der Waals surface area contributed by atoms with Crippen LogP contribution >= 0.6 is 15.9 Å². The standard InChI is InChI=1S/C9H6BrFO2/c10-7-2-5-1-6(12)4-13-9(5)3-8(7)11/h2-3H,1,4H2. The van der Waals surface area contributed by atoms with Crippen molar-refractivity contribution in [3.8, 4) is 5.75 Å². The van der Waals surface area contributed by atoms with Crippen LogP contribution in [0, 0.1) is 5.82 Å². The van der Waals surface area contributed by atoms with Crippen LogP contribution in [-0.2, 0) is 11.2 Å². The first-order valence-electron chi connectivity index (χ1n) is 3.79. The van der Waals surface area contributed by atoms with Crippen molar-refractivity contribution in [2.45, 2.75) is 6.42 Å². The van der Waals surface area contributed by atoms with Crippen LogP contribution in [0.25, 0.3) is 0 Å². The first-order chi connectivity index (χ1) is 6.16. The Labute approximate surface area is 82.8 Å². The van der Waals surface area contributed by atoms with Crippen molar-refractivity contribution in [1.29, 1.82) is 0 Å². The van der Waals surface area contributed by atoms with E-state index < -0.39 is 0 Å². The Morgan fingerprint density at radius 3 is 3.00 bits per heavy atom. The SMILES string of the molecule is O=C1COc2cc(F)c(Br)cc2C1. The van der Waals surface area contributed by atoms with Gasteiger partial charge in [-0.25, -0.2) is 4.39 Å². The highest BCUT2D eigenvalue weighted by Crippen LogP contribution is 2.29. The molecule has 0 unspecified atom stereocenters. The van der Waals surface area contributed by atoms with E-state index in [9.17, 15) is 9.18 Å². The Balaban J connectivity index is 2.49. The van der Waals surface area contributed by atoms with Crippen molar-refractivity contribution in [3.63, 3.8) is 0 Å². The molecule has 1 heterocycles. The van der Waals surface area contributed by atoms with Gasteiger partial charge in [0.2, 0.25) is 0 Å². The number of ketones is 1. The minimum atomic E-state index is -0.368. The fourth-order valence-electron chi connectivity index (χ4n) is 1.26. The quantitative estimate of drug-likeness (QED) is 0.699. The zero-order valence-corrected chi connectivity index (χ0v) is 8.23. The highest BCUT2D eigenvalue weighted by atomic mass is 79.9. The highest BCUT2D eigenvalue weighted by molar-refractivity contribution is 9.10. The van der Waals surface area contributed by atoms with Gasteiger partial charge in [0, 0.05) is 18.1 Å². The summed E-state index contributed by atoms with van der Waals surface area (Å²) in [7, 11) is 0. The molecule has 0 bridgehead atoms. The number of hydrogen-bond acceptors (Lipinski definition) is 2. The lowest BCUT2D eigenvalue weighted by Crippen LogP contribution is -2.20. The minimum Gasteiger partial charge on any atom is -0.485 e. The van der Waals surface area contributed by atoms with Crippen molar-refractivity contribution < 1.29 is 13.9 Å². The van der Waals surface area contributed by atoms with Gasteiger partial charge in [0.1, 0.15) is 18.2 Å². The van der Waals surface area contributed by atoms with Gasteiger partial charge in [-0.05, 0) is 22.0 Å². The fraction of sp³-hybridized carbons (Fsp3) is 0.222. The van der Waals surface area contributed by atoms with Crippen LogP contribution in [0.3, 0.4) is 0 Å². The topological polar surface area (TPSA) is 26.3 Å². The van der Waals surface area contributed by atoms with Crippen LogP contribution in [0.1, 0.15) is 5.56 Å². The molecule has 0 saturated carbocycles. The number of benzene rings is 1. The fourth-order valence-corrected chi connectivity index (χ4v) is 1.65. The lowest BCUT2D eigenvalue weighted by Gasteiger charge is -2.16. The van der Waals surface area contributed by atoms with Crippen LogP contribution in [-0.4, -0.2) is 12.4 Å². The van der Waals surface area contributed by atoms with E-state index in [0.717, 1.165) is 5.56 Å². The summed E-state index contributed by atoms with van der Waals surface area (Å²) in [5.74, 6) is 0.124. The molecule has 2 nitrogen and oxygen atoms in total. The number of carbonyl (C=O) groups excluding carboxylic acids is 1. The number of rotatable bonds is 0. The molecule has 1 aliphatic rings. The Hall–Kier alpha value is -0.900. The van der Waals surface area contributed by atoms with E-state index in [4.69, 9.17) is 4.74 Å². The molecule has 0 N–H and O–H groups in total. The largest absolute Gasteiger partial charge is 0.485 e. The molecule has 0 aromatic heterocycles. The minimum absolute atomic E-state index is 0.0195. The summed E-state index contributed by atoms with van der Waals surface area (Å²) in [6.45, 7) is 0.0497. The maximum absolute atomic E-state index is 13.0. The predicted octanol–water partition coefficient (Wildman–Crippen LogP) is 2.09. The summed E-state index contributed by atoms with van der Waals surface area (Å²) in [6.07, 6.45) is 0.328. The molecule has 4 heteroatoms. The molecule has 0 atom stereocenters. The van der Waals surface area contributed by atoms with E-state index in [1.807, 2.05) is 0 Å². The van der Waals surface area contributed by atoms with E-state index in [0.29, 0.717) is 16.6 Å². The van der Waals surface area contributed by atoms with Gasteiger partial charge in [0.15, 0.2) is 5.78 Å². The lowest BCUT2D eigenvalue weighted by atomic mass is 10.1. The number of ether oxygens (including phenoxy) is 1. The van der Waals surface area contributed by atoms with Crippen molar-refractivity contribution >= 4 is 21.7 Å². The molecule has 13 heavy (non-hydrogen) atoms. The number of Topliss-reactive ketones (excluding diaryl/α,β-unsaturated/α-hetero) is 1. The Kier molecular flexibility index (Phi) is 2.07. The molecule has 0 amide bonds. The van der Waals surface area contributed by atoms with Crippen LogP contribution in [0.2, 0.25) is 0 Å². The van der Waals surface area contributed by atoms with E-state index in [1.165, 1.54) is 6.07 Å². The molecule has 68 valence electrons. The Morgan fingerprint density at radius 2 is 2.23 bits per heavy atom. The van der Waals surface area contributed by atoms with Crippen LogP contribution in [0.5, 0.6) is 5.75 Å². The second-order valence-electron chi connectivity index (χ2n) is 2.88. The van der Waals surface area contributed by atoms with Crippen molar-refractivity contribution in [2.75, 3.05) is 6.61 Å². The molecule has 0 fully saturated rings. The van der Waals surface area contributed by atoms with Crippen LogP contribution in [0.15, 0.2) is 16.6 Å². The number of hydrogen-bond donors (Lipinski definition) is 0. The van der Waals surface area contributed by atoms with Gasteiger partial charge in [-0.1, -0.05) is 0 Å². The molecule has 0 aliphatic carbocycles. The third kappa shape index (κ3) is 1.58. The van der Waals surface area contributed by atoms with E-state index in [2.05, 4.69) is 15.9 Å². The molecule has 1 aromatic rings. The van der Waals surface area contributed by atoms with Crippen molar-refractivity contribution in [1.82, 2.24) is 0 Å². The van der Waals surface area contributed by atoms with Gasteiger partial charge < -0.3 is 4.74 Å². The van der Waals surface area contributed by atoms with Crippen LogP contribution in [0.4, 0.5) is 4.39 Å². The van der Waals surface area contributed by atoms with Gasteiger partial charge in [0.05, 0.1) is 4.47 Å². The highest BCUT2D eigenvalue weighted by Gasteiger charge is 2.18. The van der Waals surface area contributed by atoms with Gasteiger partial charge in [-0.3, -0.25) is 4.79 Å². The summed E-state index contributed by atoms with van der Waals surface area (Å²) in [4.78, 5) is 11.0. The third-order valence-electron chi connectivity index (χ3n) is 1.88. The first-order valence-corrected chi connectivity index (χ1v) is 4.58. The van der Waals surface area contributed by atoms with Crippen LogP contribution < -0.4 is 4.74 Å². The summed E-state index contributed by atoms with van der Waals surface area (Å²) in [5, 5.41) is 0. The Morgan fingerprint density at radius 1 is 1.46 bits per heavy atom. The summed E-state index contributed by atoms with van der Waals surface area (Å²) in [5.41, 5.74) is 0.740. The summed E-state index contributed by atoms with van der Waals surface area (Å²) < 4.78 is 18.4. The molecular weight excluding hydrogens is 239 g/mol. The molecule has 0 spiro atoms. The second kappa shape index (κ2) is 3.10. The second-order valence-corrected chi connectivity index (χ2v) is 3.73. The maximum Gasteiger partial charge on any atom is 0.174 e. The molecule has 1 aromatic carbocycles. The van der Waals surface area contributed by atoms with Gasteiger partial charge >= 0.3 is 0 Å². The van der Waals surface area contributed by atoms with Gasteiger partial charge in [-0.2, -0.15) is 0 Å². The van der Waals surface area contributed by atoms with E-state index >= 15 is 0 Å². The van der Waals surface area contributed by atoms with Gasteiger partial charge in [0.25, 0.3) is 0 Å². The number of fused-ring (bicyclic) bond motifs is 1. The normalized spacial score (nSPS) is 15.1. The number of halogens is 2. The molecule has 2 rings (SSSR count). The summed E-state index contributed by atoms with van der Waals surface area (Å²) >= 11 is 3.05. The zero-order valence-electron chi connectivity index (χ0n) is 6.64. The Bertz CT molecular complexity index is 376. The smallest absolute Gasteiger partial charge is 0.174 e. The molecule has 0 saturated heterocycles. The predicted molar refractivity (Wildman–Crippen MR) is 48.3 cm³/mol. The number of carbonyl (C=O) groups is 1. The van der Waals surface area contributed by atoms with Crippen molar-refractivity contribution in [3.05, 3.63) is 28.0 Å². The lowest BCUT2D eigenvalue weighted by molar-refractivity contribution is -0.121. The van der Waals surface area contributed by atoms with E-state index in [-0.39, 0.29) is 18.2 Å². The third-order valence-corrected chi connectivity index (χ3v) is 2.49. The van der Waals surface area contributed by atoms with Crippen molar-refractivity contribution in [2.24, 2.45) is 0 Å². The molecular formula is C9H6BrFO2. The molecule has 1 aliphatic heterocycles. The zero-order chi connectivity index (χ0) is 9.42. The average Bonchev–Trinajstić information content (AvgIpc) is 2.08. The monoisotopic (exact) mass is 244 g/mol.